The van der Waals surface area contributed by atoms with Crippen molar-refractivity contribution in [1.82, 2.24) is 4.90 Å². The highest BCUT2D eigenvalue weighted by Gasteiger charge is 2.24. The lowest BCUT2D eigenvalue weighted by molar-refractivity contribution is -0.143. The van der Waals surface area contributed by atoms with Crippen molar-refractivity contribution in [3.8, 4) is 0 Å². The van der Waals surface area contributed by atoms with Crippen LogP contribution in [0.5, 0.6) is 0 Å². The van der Waals surface area contributed by atoms with Crippen molar-refractivity contribution in [2.24, 2.45) is 5.92 Å². The van der Waals surface area contributed by atoms with Crippen molar-refractivity contribution < 1.29 is 9.90 Å². The average Bonchev–Trinajstić information content (AvgIpc) is 2.79. The number of rotatable bonds is 4. The van der Waals surface area contributed by atoms with Crippen LogP contribution in [0.15, 0.2) is 17.5 Å². The number of hydrogen-bond acceptors (Lipinski definition) is 3. The van der Waals surface area contributed by atoms with E-state index in [0.717, 1.165) is 38.9 Å². The third-order valence-electron chi connectivity index (χ3n) is 3.11. The molecule has 16 heavy (non-hydrogen) atoms. The lowest BCUT2D eigenvalue weighted by Crippen LogP contribution is -2.39. The maximum absolute atomic E-state index is 10.9. The number of piperidine rings is 1. The van der Waals surface area contributed by atoms with Crippen LogP contribution >= 0.6 is 11.3 Å². The van der Waals surface area contributed by atoms with Crippen molar-refractivity contribution >= 4 is 17.3 Å². The third kappa shape index (κ3) is 3.06. The van der Waals surface area contributed by atoms with Crippen molar-refractivity contribution in [2.75, 3.05) is 19.6 Å². The fourth-order valence-corrected chi connectivity index (χ4v) is 2.88. The van der Waals surface area contributed by atoms with Crippen LogP contribution in [-0.4, -0.2) is 35.6 Å². The van der Waals surface area contributed by atoms with Crippen LogP contribution in [0.3, 0.4) is 0 Å². The second-order valence-corrected chi connectivity index (χ2v) is 5.34. The molecule has 0 aromatic carbocycles. The number of likely N-dealkylation sites (tertiary alicyclic amines) is 1. The summed E-state index contributed by atoms with van der Waals surface area (Å²) in [5.74, 6) is -0.794. The molecule has 88 valence electrons. The molecule has 1 fully saturated rings. The zero-order chi connectivity index (χ0) is 11.4. The van der Waals surface area contributed by atoms with E-state index in [9.17, 15) is 4.79 Å². The zero-order valence-corrected chi connectivity index (χ0v) is 10.1. The fraction of sp³-hybridized carbons (Fsp3) is 0.583. The van der Waals surface area contributed by atoms with Gasteiger partial charge < -0.3 is 10.0 Å². The van der Waals surface area contributed by atoms with E-state index >= 15 is 0 Å². The topological polar surface area (TPSA) is 40.5 Å². The maximum atomic E-state index is 10.9. The fourth-order valence-electron chi connectivity index (χ4n) is 2.18. The van der Waals surface area contributed by atoms with Gasteiger partial charge in [0.2, 0.25) is 0 Å². The van der Waals surface area contributed by atoms with Gasteiger partial charge in [-0.3, -0.25) is 4.79 Å². The Hall–Kier alpha value is -0.870. The minimum absolute atomic E-state index is 0.155. The summed E-state index contributed by atoms with van der Waals surface area (Å²) in [6.07, 6.45) is 2.90. The molecule has 1 aliphatic heterocycles. The van der Waals surface area contributed by atoms with Crippen molar-refractivity contribution in [2.45, 2.75) is 19.3 Å². The average molecular weight is 239 g/mol. The third-order valence-corrected chi connectivity index (χ3v) is 4.05. The van der Waals surface area contributed by atoms with Crippen LogP contribution in [0.2, 0.25) is 0 Å². The molecule has 0 spiro atoms. The number of thiophene rings is 1. The Morgan fingerprint density at radius 3 is 3.19 bits per heavy atom. The largest absolute Gasteiger partial charge is 0.481 e. The number of carboxylic acid groups (broad SMARTS) is 1. The van der Waals surface area contributed by atoms with Gasteiger partial charge in [-0.15, -0.1) is 11.3 Å². The SMILES string of the molecule is O=C(O)C1CCCN(CCc2cccs2)C1. The summed E-state index contributed by atoms with van der Waals surface area (Å²) in [4.78, 5) is 14.6. The Morgan fingerprint density at radius 2 is 2.50 bits per heavy atom. The molecule has 0 aliphatic carbocycles. The van der Waals surface area contributed by atoms with Crippen LogP contribution in [0.1, 0.15) is 17.7 Å². The molecule has 0 bridgehead atoms. The highest BCUT2D eigenvalue weighted by atomic mass is 32.1. The van der Waals surface area contributed by atoms with Gasteiger partial charge in [0.1, 0.15) is 0 Å². The van der Waals surface area contributed by atoms with E-state index in [1.54, 1.807) is 11.3 Å². The molecule has 0 amide bonds. The molecule has 1 aromatic rings. The normalized spacial score (nSPS) is 22.1. The highest BCUT2D eigenvalue weighted by molar-refractivity contribution is 7.09. The van der Waals surface area contributed by atoms with Gasteiger partial charge in [0.25, 0.3) is 0 Å². The molecule has 1 aromatic heterocycles. The van der Waals surface area contributed by atoms with Gasteiger partial charge >= 0.3 is 5.97 Å². The van der Waals surface area contributed by atoms with E-state index in [1.807, 2.05) is 0 Å². The Bertz CT molecular complexity index is 337. The summed E-state index contributed by atoms with van der Waals surface area (Å²) >= 11 is 1.78. The first-order valence-corrected chi connectivity index (χ1v) is 6.61. The number of nitrogens with zero attached hydrogens (tertiary/aromatic N) is 1. The van der Waals surface area contributed by atoms with Gasteiger partial charge in [0.15, 0.2) is 0 Å². The summed E-state index contributed by atoms with van der Waals surface area (Å²) in [6, 6.07) is 4.21. The molecule has 1 unspecified atom stereocenters. The Kier molecular flexibility index (Phi) is 3.96. The van der Waals surface area contributed by atoms with Gasteiger partial charge in [-0.05, 0) is 37.3 Å². The summed E-state index contributed by atoms with van der Waals surface area (Å²) in [5, 5.41) is 11.1. The lowest BCUT2D eigenvalue weighted by atomic mass is 9.98. The lowest BCUT2D eigenvalue weighted by Gasteiger charge is -2.30. The summed E-state index contributed by atoms with van der Waals surface area (Å²) in [7, 11) is 0. The van der Waals surface area contributed by atoms with Gasteiger partial charge in [-0.1, -0.05) is 6.07 Å². The van der Waals surface area contributed by atoms with Crippen LogP contribution in [0.25, 0.3) is 0 Å². The van der Waals surface area contributed by atoms with E-state index in [4.69, 9.17) is 5.11 Å². The summed E-state index contributed by atoms with van der Waals surface area (Å²) in [6.45, 7) is 2.76. The summed E-state index contributed by atoms with van der Waals surface area (Å²) in [5.41, 5.74) is 0. The number of aliphatic carboxylic acids is 1. The minimum Gasteiger partial charge on any atom is -0.481 e. The number of carboxylic acids is 1. The Balaban J connectivity index is 1.79. The molecule has 3 nitrogen and oxygen atoms in total. The van der Waals surface area contributed by atoms with E-state index in [2.05, 4.69) is 22.4 Å². The second-order valence-electron chi connectivity index (χ2n) is 4.31. The molecule has 2 heterocycles. The maximum Gasteiger partial charge on any atom is 0.307 e. The van der Waals surface area contributed by atoms with Gasteiger partial charge in [-0.25, -0.2) is 0 Å². The monoisotopic (exact) mass is 239 g/mol. The van der Waals surface area contributed by atoms with Gasteiger partial charge in [0.05, 0.1) is 5.92 Å². The first kappa shape index (κ1) is 11.6. The predicted octanol–water partition coefficient (Wildman–Crippen LogP) is 2.09. The highest BCUT2D eigenvalue weighted by Crippen LogP contribution is 2.17. The molecular weight excluding hydrogens is 222 g/mol. The minimum atomic E-state index is -0.638. The molecule has 0 saturated carbocycles. The van der Waals surface area contributed by atoms with Crippen LogP contribution in [0.4, 0.5) is 0 Å². The Morgan fingerprint density at radius 1 is 1.62 bits per heavy atom. The molecule has 2 rings (SSSR count). The van der Waals surface area contributed by atoms with E-state index in [-0.39, 0.29) is 5.92 Å². The Labute approximate surface area is 99.7 Å². The summed E-state index contributed by atoms with van der Waals surface area (Å²) < 4.78 is 0. The number of hydrogen-bond donors (Lipinski definition) is 1. The quantitative estimate of drug-likeness (QED) is 0.874. The molecule has 1 aliphatic rings. The van der Waals surface area contributed by atoms with E-state index < -0.39 is 5.97 Å². The molecule has 1 N–H and O–H groups in total. The van der Waals surface area contributed by atoms with Crippen molar-refractivity contribution in [1.29, 1.82) is 0 Å². The first-order chi connectivity index (χ1) is 7.75. The number of carbonyl (C=O) groups is 1. The smallest absolute Gasteiger partial charge is 0.307 e. The van der Waals surface area contributed by atoms with E-state index in [0.29, 0.717) is 0 Å². The van der Waals surface area contributed by atoms with Crippen molar-refractivity contribution in [3.63, 3.8) is 0 Å². The van der Waals surface area contributed by atoms with Crippen LogP contribution in [-0.2, 0) is 11.2 Å². The van der Waals surface area contributed by atoms with Crippen LogP contribution < -0.4 is 0 Å². The molecule has 1 saturated heterocycles. The van der Waals surface area contributed by atoms with Crippen molar-refractivity contribution in [3.05, 3.63) is 22.4 Å². The van der Waals surface area contributed by atoms with Gasteiger partial charge in [-0.2, -0.15) is 0 Å². The van der Waals surface area contributed by atoms with Crippen LogP contribution in [0, 0.1) is 5.92 Å². The van der Waals surface area contributed by atoms with Gasteiger partial charge in [0, 0.05) is 18.0 Å². The van der Waals surface area contributed by atoms with E-state index in [1.165, 1.54) is 4.88 Å². The zero-order valence-electron chi connectivity index (χ0n) is 9.26. The molecule has 0 radical (unpaired) electrons. The molecule has 1 atom stereocenters. The second kappa shape index (κ2) is 5.46. The molecule has 4 heteroatoms. The first-order valence-electron chi connectivity index (χ1n) is 5.73. The predicted molar refractivity (Wildman–Crippen MR) is 64.8 cm³/mol. The molecular formula is C12H17NO2S. The standard InChI is InChI=1S/C12H17NO2S/c14-12(15)10-3-1-6-13(9-10)7-5-11-4-2-8-16-11/h2,4,8,10H,1,3,5-7,9H2,(H,14,15).